The van der Waals surface area contributed by atoms with Crippen molar-refractivity contribution in [2.24, 2.45) is 4.99 Å². The van der Waals surface area contributed by atoms with Gasteiger partial charge in [0, 0.05) is 11.1 Å². The fraction of sp³-hybridized carbons (Fsp3) is 0.182. The fourth-order valence-corrected chi connectivity index (χ4v) is 3.27. The van der Waals surface area contributed by atoms with Crippen molar-refractivity contribution < 1.29 is 0 Å². The van der Waals surface area contributed by atoms with Crippen LogP contribution in [0, 0.1) is 6.92 Å². The summed E-state index contributed by atoms with van der Waals surface area (Å²) in [6.07, 6.45) is 2.41. The van der Waals surface area contributed by atoms with Crippen molar-refractivity contribution in [2.75, 3.05) is 0 Å². The van der Waals surface area contributed by atoms with Gasteiger partial charge in [0.15, 0.2) is 5.82 Å². The lowest BCUT2D eigenvalue weighted by Crippen LogP contribution is -2.03. The number of pyridine rings is 1. The summed E-state index contributed by atoms with van der Waals surface area (Å²) in [4.78, 5) is 9.53. The van der Waals surface area contributed by atoms with Crippen LogP contribution in [-0.2, 0) is 0 Å². The highest BCUT2D eigenvalue weighted by Gasteiger charge is 2.27. The van der Waals surface area contributed by atoms with Crippen LogP contribution in [0.1, 0.15) is 41.1 Å². The largest absolute Gasteiger partial charge is 0.232 e. The Labute approximate surface area is 153 Å². The van der Waals surface area contributed by atoms with Crippen molar-refractivity contribution in [1.82, 2.24) is 4.98 Å². The lowest BCUT2D eigenvalue weighted by Gasteiger charge is -2.10. The van der Waals surface area contributed by atoms with Gasteiger partial charge >= 0.3 is 0 Å². The Hall–Kier alpha value is -2.45. The van der Waals surface area contributed by atoms with E-state index in [0.717, 1.165) is 33.4 Å². The molecule has 0 radical (unpaired) electrons. The van der Waals surface area contributed by atoms with Gasteiger partial charge in [-0.15, -0.1) is 0 Å². The van der Waals surface area contributed by atoms with E-state index in [1.165, 1.54) is 18.4 Å². The van der Waals surface area contributed by atoms with Crippen molar-refractivity contribution >= 4 is 23.1 Å². The Morgan fingerprint density at radius 1 is 0.960 bits per heavy atom. The van der Waals surface area contributed by atoms with Crippen molar-refractivity contribution in [3.63, 3.8) is 0 Å². The number of aryl methyl sites for hydroxylation is 1. The van der Waals surface area contributed by atoms with E-state index in [1.807, 2.05) is 43.3 Å². The van der Waals surface area contributed by atoms with E-state index in [9.17, 15) is 0 Å². The van der Waals surface area contributed by atoms with Crippen LogP contribution in [0.25, 0.3) is 0 Å². The number of aliphatic imine (C=N–C) groups is 1. The van der Waals surface area contributed by atoms with Gasteiger partial charge in [-0.25, -0.2) is 9.98 Å². The maximum Gasteiger partial charge on any atom is 0.153 e. The van der Waals surface area contributed by atoms with E-state index < -0.39 is 0 Å². The summed E-state index contributed by atoms with van der Waals surface area (Å²) in [5, 5.41) is 0.794. The minimum atomic E-state index is 0.569. The average Bonchev–Trinajstić information content (AvgIpc) is 3.49. The predicted molar refractivity (Wildman–Crippen MR) is 104 cm³/mol. The van der Waals surface area contributed by atoms with Crippen LogP contribution in [0.5, 0.6) is 0 Å². The Balaban J connectivity index is 1.85. The highest BCUT2D eigenvalue weighted by atomic mass is 35.5. The second-order valence-corrected chi connectivity index (χ2v) is 6.81. The number of halogens is 1. The minimum absolute atomic E-state index is 0.569. The van der Waals surface area contributed by atoms with Gasteiger partial charge in [0.05, 0.1) is 16.4 Å². The molecule has 25 heavy (non-hydrogen) atoms. The smallest absolute Gasteiger partial charge is 0.153 e. The minimum Gasteiger partial charge on any atom is -0.232 e. The molecule has 1 fully saturated rings. The Bertz CT molecular complexity index is 872. The molecule has 0 amide bonds. The van der Waals surface area contributed by atoms with Crippen LogP contribution in [0.15, 0.2) is 71.7 Å². The molecule has 124 valence electrons. The SMILES string of the molecule is Cc1nc(N=C(c2ccccc2)c2ccccc2)cc(C2CC2)c1Cl. The monoisotopic (exact) mass is 346 g/mol. The molecule has 0 atom stereocenters. The summed E-state index contributed by atoms with van der Waals surface area (Å²) in [6, 6.07) is 22.5. The topological polar surface area (TPSA) is 25.2 Å². The zero-order valence-electron chi connectivity index (χ0n) is 14.1. The second kappa shape index (κ2) is 6.81. The first kappa shape index (κ1) is 16.0. The molecule has 1 aliphatic rings. The van der Waals surface area contributed by atoms with Crippen LogP contribution < -0.4 is 0 Å². The van der Waals surface area contributed by atoms with Crippen molar-refractivity contribution in [1.29, 1.82) is 0 Å². The van der Waals surface area contributed by atoms with Gasteiger partial charge in [-0.3, -0.25) is 0 Å². The lowest BCUT2D eigenvalue weighted by molar-refractivity contribution is 1.07. The second-order valence-electron chi connectivity index (χ2n) is 6.44. The Morgan fingerprint density at radius 3 is 2.04 bits per heavy atom. The zero-order chi connectivity index (χ0) is 17.2. The van der Waals surface area contributed by atoms with Gasteiger partial charge in [-0.1, -0.05) is 72.3 Å². The van der Waals surface area contributed by atoms with Gasteiger partial charge in [0.25, 0.3) is 0 Å². The predicted octanol–water partition coefficient (Wildman–Crippen LogP) is 6.09. The van der Waals surface area contributed by atoms with E-state index in [1.54, 1.807) is 0 Å². The molecule has 1 saturated carbocycles. The maximum absolute atomic E-state index is 6.46. The molecule has 1 heterocycles. The van der Waals surface area contributed by atoms with Crippen LogP contribution in [-0.4, -0.2) is 10.7 Å². The molecule has 2 nitrogen and oxygen atoms in total. The number of aromatic nitrogens is 1. The third-order valence-corrected chi connectivity index (χ3v) is 4.97. The molecule has 0 spiro atoms. The number of hydrogen-bond donors (Lipinski definition) is 0. The van der Waals surface area contributed by atoms with E-state index in [2.05, 4.69) is 35.3 Å². The molecule has 1 aliphatic carbocycles. The molecule has 3 aromatic rings. The quantitative estimate of drug-likeness (QED) is 0.525. The summed E-state index contributed by atoms with van der Waals surface area (Å²) in [5.41, 5.74) is 5.13. The molecule has 0 N–H and O–H groups in total. The summed E-state index contributed by atoms with van der Waals surface area (Å²) < 4.78 is 0. The van der Waals surface area contributed by atoms with Crippen molar-refractivity contribution in [2.45, 2.75) is 25.7 Å². The number of benzene rings is 2. The molecular weight excluding hydrogens is 328 g/mol. The van der Waals surface area contributed by atoms with Crippen molar-refractivity contribution in [3.05, 3.63) is 94.1 Å². The Morgan fingerprint density at radius 2 is 1.52 bits per heavy atom. The lowest BCUT2D eigenvalue weighted by atomic mass is 10.0. The zero-order valence-corrected chi connectivity index (χ0v) is 14.9. The molecular formula is C22H19ClN2. The van der Waals surface area contributed by atoms with Crippen LogP contribution in [0.3, 0.4) is 0 Å². The molecule has 4 rings (SSSR count). The summed E-state index contributed by atoms with van der Waals surface area (Å²) in [7, 11) is 0. The average molecular weight is 347 g/mol. The summed E-state index contributed by atoms with van der Waals surface area (Å²) >= 11 is 6.46. The number of hydrogen-bond acceptors (Lipinski definition) is 2. The highest BCUT2D eigenvalue weighted by Crippen LogP contribution is 2.44. The highest BCUT2D eigenvalue weighted by molar-refractivity contribution is 6.32. The van der Waals surface area contributed by atoms with E-state index in [0.29, 0.717) is 5.92 Å². The van der Waals surface area contributed by atoms with E-state index in [-0.39, 0.29) is 0 Å². The van der Waals surface area contributed by atoms with Crippen molar-refractivity contribution in [3.8, 4) is 0 Å². The maximum atomic E-state index is 6.46. The molecule has 0 aliphatic heterocycles. The summed E-state index contributed by atoms with van der Waals surface area (Å²) in [6.45, 7) is 1.96. The van der Waals surface area contributed by atoms with E-state index >= 15 is 0 Å². The van der Waals surface area contributed by atoms with Gasteiger partial charge in [-0.2, -0.15) is 0 Å². The standard InChI is InChI=1S/C22H19ClN2/c1-15-21(23)19(16-12-13-16)14-20(24-15)25-22(17-8-4-2-5-9-17)18-10-6-3-7-11-18/h2-11,14,16H,12-13H2,1H3. The molecule has 0 bridgehead atoms. The van der Waals surface area contributed by atoms with Crippen LogP contribution in [0.4, 0.5) is 5.82 Å². The van der Waals surface area contributed by atoms with Crippen LogP contribution in [0.2, 0.25) is 5.02 Å². The fourth-order valence-electron chi connectivity index (χ4n) is 3.02. The van der Waals surface area contributed by atoms with Gasteiger partial charge in [0.1, 0.15) is 0 Å². The first-order valence-corrected chi connectivity index (χ1v) is 8.97. The number of rotatable bonds is 4. The number of nitrogens with zero attached hydrogens (tertiary/aromatic N) is 2. The third kappa shape index (κ3) is 3.49. The molecule has 3 heteroatoms. The van der Waals surface area contributed by atoms with Crippen LogP contribution >= 0.6 is 11.6 Å². The first-order chi connectivity index (χ1) is 12.2. The first-order valence-electron chi connectivity index (χ1n) is 8.59. The molecule has 1 aromatic heterocycles. The van der Waals surface area contributed by atoms with Gasteiger partial charge < -0.3 is 0 Å². The molecule has 0 unspecified atom stereocenters. The van der Waals surface area contributed by atoms with Gasteiger partial charge in [-0.05, 0) is 37.3 Å². The Kier molecular flexibility index (Phi) is 4.37. The van der Waals surface area contributed by atoms with E-state index in [4.69, 9.17) is 16.6 Å². The molecule has 0 saturated heterocycles. The third-order valence-electron chi connectivity index (χ3n) is 4.48. The summed E-state index contributed by atoms with van der Waals surface area (Å²) in [5.74, 6) is 1.30. The van der Waals surface area contributed by atoms with Gasteiger partial charge in [0.2, 0.25) is 0 Å². The normalized spacial score (nSPS) is 13.5. The molecule has 2 aromatic carbocycles.